The number of rotatable bonds is 7. The van der Waals surface area contributed by atoms with Gasteiger partial charge in [0.05, 0.1) is 14.2 Å². The number of aliphatic imine (C=N–C) groups is 1. The summed E-state index contributed by atoms with van der Waals surface area (Å²) >= 11 is 1.77. The molecule has 0 saturated carbocycles. The predicted octanol–water partition coefficient (Wildman–Crippen LogP) is 3.99. The number of methoxy groups -OCH3 is 2. The van der Waals surface area contributed by atoms with E-state index < -0.39 is 0 Å². The van der Waals surface area contributed by atoms with Gasteiger partial charge in [-0.1, -0.05) is 13.0 Å². The van der Waals surface area contributed by atoms with E-state index in [-0.39, 0.29) is 24.0 Å². The third kappa shape index (κ3) is 6.20. The summed E-state index contributed by atoms with van der Waals surface area (Å²) in [7, 11) is 3.21. The van der Waals surface area contributed by atoms with Gasteiger partial charge in [-0.05, 0) is 35.9 Å². The molecule has 132 valence electrons. The van der Waals surface area contributed by atoms with E-state index in [1.54, 1.807) is 25.6 Å². The number of anilines is 1. The maximum absolute atomic E-state index is 5.96. The van der Waals surface area contributed by atoms with Crippen LogP contribution < -0.4 is 20.5 Å². The summed E-state index contributed by atoms with van der Waals surface area (Å²) in [5.74, 6) is 2.17. The molecule has 0 fully saturated rings. The fraction of sp³-hybridized carbons (Fsp3) is 0.353. The van der Waals surface area contributed by atoms with Crippen LogP contribution in [0.3, 0.4) is 0 Å². The zero-order valence-corrected chi connectivity index (χ0v) is 17.3. The first kappa shape index (κ1) is 20.6. The normalized spacial score (nSPS) is 12.2. The van der Waals surface area contributed by atoms with Crippen molar-refractivity contribution >= 4 is 47.0 Å². The van der Waals surface area contributed by atoms with Crippen molar-refractivity contribution in [3.8, 4) is 11.5 Å². The Kier molecular flexibility index (Phi) is 8.91. The van der Waals surface area contributed by atoms with E-state index in [0.29, 0.717) is 29.9 Å². The molecule has 0 saturated heterocycles. The molecule has 3 N–H and O–H groups in total. The van der Waals surface area contributed by atoms with Gasteiger partial charge in [0, 0.05) is 23.2 Å². The standard InChI is InChI=1S/C17H23N3O2S.HI/c1-12(9-14-5-4-8-23-14)11-19-17(18)20-13-6-7-15(21-2)16(10-13)22-3;/h4-8,10,12H,9,11H2,1-3H3,(H3,18,19,20);1H. The molecule has 0 aliphatic heterocycles. The average Bonchev–Trinajstić information content (AvgIpc) is 3.05. The summed E-state index contributed by atoms with van der Waals surface area (Å²) in [6, 6.07) is 9.75. The van der Waals surface area contributed by atoms with Crippen molar-refractivity contribution in [1.82, 2.24) is 0 Å². The molecule has 7 heteroatoms. The SMILES string of the molecule is COc1ccc(NC(N)=NCC(C)Cc2cccs2)cc1OC.I. The second kappa shape index (κ2) is 10.4. The smallest absolute Gasteiger partial charge is 0.193 e. The van der Waals surface area contributed by atoms with Crippen molar-refractivity contribution in [3.63, 3.8) is 0 Å². The van der Waals surface area contributed by atoms with E-state index in [9.17, 15) is 0 Å². The van der Waals surface area contributed by atoms with Gasteiger partial charge in [-0.25, -0.2) is 0 Å². The molecule has 0 aliphatic carbocycles. The molecule has 1 unspecified atom stereocenters. The number of benzene rings is 1. The fourth-order valence-corrected chi connectivity index (χ4v) is 3.06. The second-order valence-corrected chi connectivity index (χ2v) is 6.34. The molecule has 1 aromatic carbocycles. The van der Waals surface area contributed by atoms with Crippen LogP contribution in [0.5, 0.6) is 11.5 Å². The molecule has 1 heterocycles. The maximum atomic E-state index is 5.96. The number of nitrogens with zero attached hydrogens (tertiary/aromatic N) is 1. The molecule has 5 nitrogen and oxygen atoms in total. The quantitative estimate of drug-likeness (QED) is 0.372. The Bertz CT molecular complexity index is 647. The molecular weight excluding hydrogens is 437 g/mol. The molecule has 0 bridgehead atoms. The Morgan fingerprint density at radius 1 is 1.25 bits per heavy atom. The van der Waals surface area contributed by atoms with Crippen molar-refractivity contribution in [2.45, 2.75) is 13.3 Å². The second-order valence-electron chi connectivity index (χ2n) is 5.31. The summed E-state index contributed by atoms with van der Waals surface area (Å²) in [5.41, 5.74) is 6.77. The lowest BCUT2D eigenvalue weighted by Gasteiger charge is -2.12. The summed E-state index contributed by atoms with van der Waals surface area (Å²) in [6.45, 7) is 2.86. The van der Waals surface area contributed by atoms with Crippen LogP contribution in [-0.2, 0) is 6.42 Å². The lowest BCUT2D eigenvalue weighted by molar-refractivity contribution is 0.355. The van der Waals surface area contributed by atoms with Gasteiger partial charge in [0.2, 0.25) is 0 Å². The largest absolute Gasteiger partial charge is 0.493 e. The molecule has 0 aliphatic rings. The van der Waals surface area contributed by atoms with E-state index >= 15 is 0 Å². The van der Waals surface area contributed by atoms with Crippen molar-refractivity contribution in [2.24, 2.45) is 16.6 Å². The van der Waals surface area contributed by atoms with Crippen LogP contribution in [0.1, 0.15) is 11.8 Å². The van der Waals surface area contributed by atoms with Gasteiger partial charge in [-0.2, -0.15) is 0 Å². The lowest BCUT2D eigenvalue weighted by Crippen LogP contribution is -2.23. The Morgan fingerprint density at radius 2 is 2.00 bits per heavy atom. The first-order chi connectivity index (χ1) is 11.1. The highest BCUT2D eigenvalue weighted by molar-refractivity contribution is 14.0. The van der Waals surface area contributed by atoms with Gasteiger partial charge in [-0.15, -0.1) is 35.3 Å². The third-order valence-corrected chi connectivity index (χ3v) is 4.26. The molecule has 0 amide bonds. The van der Waals surface area contributed by atoms with Crippen molar-refractivity contribution in [3.05, 3.63) is 40.6 Å². The Hall–Kier alpha value is -1.48. The molecule has 2 rings (SSSR count). The van der Waals surface area contributed by atoms with E-state index in [1.807, 2.05) is 18.2 Å². The highest BCUT2D eigenvalue weighted by Crippen LogP contribution is 2.29. The van der Waals surface area contributed by atoms with Gasteiger partial charge >= 0.3 is 0 Å². The molecule has 2 aromatic rings. The zero-order chi connectivity index (χ0) is 16.7. The summed E-state index contributed by atoms with van der Waals surface area (Å²) in [4.78, 5) is 5.79. The van der Waals surface area contributed by atoms with Gasteiger partial charge < -0.3 is 20.5 Å². The van der Waals surface area contributed by atoms with Gasteiger partial charge in [-0.3, -0.25) is 4.99 Å². The topological polar surface area (TPSA) is 68.9 Å². The molecule has 24 heavy (non-hydrogen) atoms. The van der Waals surface area contributed by atoms with Crippen LogP contribution in [0.25, 0.3) is 0 Å². The zero-order valence-electron chi connectivity index (χ0n) is 14.1. The van der Waals surface area contributed by atoms with Crippen molar-refractivity contribution in [1.29, 1.82) is 0 Å². The summed E-state index contributed by atoms with van der Waals surface area (Å²) in [5, 5.41) is 5.17. The summed E-state index contributed by atoms with van der Waals surface area (Å²) < 4.78 is 10.5. The fourth-order valence-electron chi connectivity index (χ4n) is 2.19. The van der Waals surface area contributed by atoms with Crippen LogP contribution in [-0.4, -0.2) is 26.7 Å². The predicted molar refractivity (Wildman–Crippen MR) is 112 cm³/mol. The average molecular weight is 461 g/mol. The number of nitrogens with two attached hydrogens (primary N) is 1. The van der Waals surface area contributed by atoms with Crippen LogP contribution in [0.4, 0.5) is 5.69 Å². The first-order valence-electron chi connectivity index (χ1n) is 7.43. The minimum absolute atomic E-state index is 0. The molecule has 0 radical (unpaired) electrons. The van der Waals surface area contributed by atoms with Crippen LogP contribution >= 0.6 is 35.3 Å². The van der Waals surface area contributed by atoms with Crippen molar-refractivity contribution in [2.75, 3.05) is 26.1 Å². The van der Waals surface area contributed by atoms with Gasteiger partial charge in [0.15, 0.2) is 17.5 Å². The molecular formula is C17H24IN3O2S. The van der Waals surface area contributed by atoms with Gasteiger partial charge in [0.25, 0.3) is 0 Å². The molecule has 1 aromatic heterocycles. The van der Waals surface area contributed by atoms with Crippen LogP contribution in [0, 0.1) is 5.92 Å². The van der Waals surface area contributed by atoms with Crippen molar-refractivity contribution < 1.29 is 9.47 Å². The van der Waals surface area contributed by atoms with Gasteiger partial charge in [0.1, 0.15) is 0 Å². The molecule has 1 atom stereocenters. The Balaban J connectivity index is 0.00000288. The number of hydrogen-bond acceptors (Lipinski definition) is 4. The minimum atomic E-state index is 0. The number of halogens is 1. The number of hydrogen-bond donors (Lipinski definition) is 2. The van der Waals surface area contributed by atoms with E-state index in [4.69, 9.17) is 15.2 Å². The number of ether oxygens (including phenoxy) is 2. The lowest BCUT2D eigenvalue weighted by atomic mass is 10.1. The molecule has 0 spiro atoms. The first-order valence-corrected chi connectivity index (χ1v) is 8.31. The van der Waals surface area contributed by atoms with Crippen LogP contribution in [0.2, 0.25) is 0 Å². The van der Waals surface area contributed by atoms with E-state index in [1.165, 1.54) is 4.88 Å². The number of thiophene rings is 1. The minimum Gasteiger partial charge on any atom is -0.493 e. The highest BCUT2D eigenvalue weighted by Gasteiger charge is 2.06. The number of nitrogens with one attached hydrogen (secondary N) is 1. The van der Waals surface area contributed by atoms with Crippen LogP contribution in [0.15, 0.2) is 40.7 Å². The third-order valence-electron chi connectivity index (χ3n) is 3.36. The summed E-state index contributed by atoms with van der Waals surface area (Å²) in [6.07, 6.45) is 1.02. The van der Waals surface area contributed by atoms with E-state index in [2.05, 4.69) is 34.7 Å². The highest BCUT2D eigenvalue weighted by atomic mass is 127. The monoisotopic (exact) mass is 461 g/mol. The Labute approximate surface area is 164 Å². The number of guanidine groups is 1. The Morgan fingerprint density at radius 3 is 2.62 bits per heavy atom. The maximum Gasteiger partial charge on any atom is 0.193 e. The van der Waals surface area contributed by atoms with E-state index in [0.717, 1.165) is 12.1 Å².